The minimum atomic E-state index is -4.45. The van der Waals surface area contributed by atoms with Crippen molar-refractivity contribution >= 4 is 5.69 Å². The van der Waals surface area contributed by atoms with Crippen molar-refractivity contribution in [2.75, 3.05) is 5.73 Å². The van der Waals surface area contributed by atoms with Crippen LogP contribution >= 0.6 is 0 Å². The number of hydrogen-bond donors (Lipinski definition) is 1. The van der Waals surface area contributed by atoms with Crippen LogP contribution in [0.3, 0.4) is 0 Å². The molecule has 102 valence electrons. The summed E-state index contributed by atoms with van der Waals surface area (Å²) in [6.45, 7) is 1.95. The fourth-order valence-corrected chi connectivity index (χ4v) is 1.95. The molecule has 2 aromatic rings. The molecule has 2 N–H and O–H groups in total. The smallest absolute Gasteiger partial charge is 0.399 e. The maximum atomic E-state index is 13.0. The molecule has 0 amide bonds. The summed E-state index contributed by atoms with van der Waals surface area (Å²) in [5.74, 6) is 0.609. The maximum Gasteiger partial charge on any atom is 0.418 e. The summed E-state index contributed by atoms with van der Waals surface area (Å²) in [6.07, 6.45) is 0.0216. The second-order valence-corrected chi connectivity index (χ2v) is 4.24. The molecule has 0 bridgehead atoms. The van der Waals surface area contributed by atoms with Gasteiger partial charge in [-0.3, -0.25) is 0 Å². The number of nitrogens with two attached hydrogens (primary N) is 1. The van der Waals surface area contributed by atoms with Crippen LogP contribution in [0, 0.1) is 0 Å². The Balaban J connectivity index is 2.58. The molecule has 0 atom stereocenters. The lowest BCUT2D eigenvalue weighted by atomic mass is 10.1. The number of nitrogens with zero attached hydrogens (tertiary/aromatic N) is 2. The van der Waals surface area contributed by atoms with Crippen LogP contribution in [0.2, 0.25) is 0 Å². The zero-order valence-corrected chi connectivity index (χ0v) is 10.4. The Labute approximate surface area is 108 Å². The number of halogens is 3. The van der Waals surface area contributed by atoms with Gasteiger partial charge < -0.3 is 10.3 Å². The van der Waals surface area contributed by atoms with Gasteiger partial charge in [0.1, 0.15) is 5.82 Å². The molecule has 0 aliphatic heterocycles. The molecule has 2 rings (SSSR count). The zero-order valence-electron chi connectivity index (χ0n) is 10.4. The molecule has 1 aromatic carbocycles. The third kappa shape index (κ3) is 2.72. The van der Waals surface area contributed by atoms with E-state index in [0.29, 0.717) is 12.2 Å². The Morgan fingerprint density at radius 1 is 1.32 bits per heavy atom. The summed E-state index contributed by atoms with van der Waals surface area (Å²) in [5, 5.41) is 0. The van der Waals surface area contributed by atoms with Crippen molar-refractivity contribution in [3.63, 3.8) is 0 Å². The molecule has 0 spiro atoms. The zero-order chi connectivity index (χ0) is 14.0. The van der Waals surface area contributed by atoms with E-state index in [-0.39, 0.29) is 11.4 Å². The Morgan fingerprint density at radius 2 is 2.05 bits per heavy atom. The number of imidazole rings is 1. The minimum Gasteiger partial charge on any atom is -0.399 e. The van der Waals surface area contributed by atoms with Crippen molar-refractivity contribution < 1.29 is 13.2 Å². The standard InChI is InChI=1S/C13H14F3N3/c1-2-3-12-18-6-7-19(12)11-5-4-9(17)8-10(11)13(14,15)16/h4-8H,2-3,17H2,1H3. The van der Waals surface area contributed by atoms with E-state index in [4.69, 9.17) is 5.73 Å². The molecule has 6 heteroatoms. The molecule has 1 heterocycles. The van der Waals surface area contributed by atoms with Gasteiger partial charge in [-0.2, -0.15) is 13.2 Å². The van der Waals surface area contributed by atoms with Crippen molar-refractivity contribution in [3.05, 3.63) is 42.0 Å². The van der Waals surface area contributed by atoms with E-state index in [2.05, 4.69) is 4.98 Å². The Hall–Kier alpha value is -1.98. The van der Waals surface area contributed by atoms with Crippen molar-refractivity contribution in [1.29, 1.82) is 0 Å². The fourth-order valence-electron chi connectivity index (χ4n) is 1.95. The average Bonchev–Trinajstić information content (AvgIpc) is 2.76. The normalized spacial score (nSPS) is 11.8. The van der Waals surface area contributed by atoms with Crippen molar-refractivity contribution in [3.8, 4) is 5.69 Å². The average molecular weight is 269 g/mol. The predicted molar refractivity (Wildman–Crippen MR) is 67.0 cm³/mol. The van der Waals surface area contributed by atoms with Crippen LogP contribution in [-0.4, -0.2) is 9.55 Å². The number of rotatable bonds is 3. The molecule has 19 heavy (non-hydrogen) atoms. The highest BCUT2D eigenvalue weighted by Gasteiger charge is 2.34. The van der Waals surface area contributed by atoms with Crippen LogP contribution < -0.4 is 5.73 Å². The molecule has 3 nitrogen and oxygen atoms in total. The van der Waals surface area contributed by atoms with Crippen molar-refractivity contribution in [2.24, 2.45) is 0 Å². The first-order valence-corrected chi connectivity index (χ1v) is 5.92. The highest BCUT2D eigenvalue weighted by molar-refractivity contribution is 5.53. The number of nitrogen functional groups attached to an aromatic ring is 1. The molecule has 0 saturated heterocycles. The quantitative estimate of drug-likeness (QED) is 0.867. The van der Waals surface area contributed by atoms with Gasteiger partial charge in [0.05, 0.1) is 11.3 Å². The van der Waals surface area contributed by atoms with Gasteiger partial charge >= 0.3 is 6.18 Å². The lowest BCUT2D eigenvalue weighted by Crippen LogP contribution is -2.12. The van der Waals surface area contributed by atoms with Gasteiger partial charge in [0, 0.05) is 24.5 Å². The van der Waals surface area contributed by atoms with E-state index >= 15 is 0 Å². The molecule has 1 aromatic heterocycles. The van der Waals surface area contributed by atoms with E-state index in [1.165, 1.54) is 29.1 Å². The number of alkyl halides is 3. The summed E-state index contributed by atoms with van der Waals surface area (Å²) in [5.41, 5.74) is 4.85. The largest absolute Gasteiger partial charge is 0.418 e. The summed E-state index contributed by atoms with van der Waals surface area (Å²) in [4.78, 5) is 4.09. The predicted octanol–water partition coefficient (Wildman–Crippen LogP) is 3.43. The first-order valence-electron chi connectivity index (χ1n) is 5.92. The van der Waals surface area contributed by atoms with Crippen molar-refractivity contribution in [1.82, 2.24) is 9.55 Å². The summed E-state index contributed by atoms with van der Waals surface area (Å²) >= 11 is 0. The lowest BCUT2D eigenvalue weighted by Gasteiger charge is -2.15. The number of aromatic nitrogens is 2. The Morgan fingerprint density at radius 3 is 2.68 bits per heavy atom. The first kappa shape index (κ1) is 13.5. The van der Waals surface area contributed by atoms with Crippen LogP contribution in [0.1, 0.15) is 24.7 Å². The highest BCUT2D eigenvalue weighted by atomic mass is 19.4. The van der Waals surface area contributed by atoms with E-state index < -0.39 is 11.7 Å². The van der Waals surface area contributed by atoms with Gasteiger partial charge in [-0.05, 0) is 24.6 Å². The molecule has 0 fully saturated rings. The molecule has 0 aliphatic carbocycles. The lowest BCUT2D eigenvalue weighted by molar-refractivity contribution is -0.137. The van der Waals surface area contributed by atoms with Gasteiger partial charge in [0.15, 0.2) is 0 Å². The van der Waals surface area contributed by atoms with Gasteiger partial charge in [-0.25, -0.2) is 4.98 Å². The van der Waals surface area contributed by atoms with Gasteiger partial charge in [-0.15, -0.1) is 0 Å². The van der Waals surface area contributed by atoms with Gasteiger partial charge in [0.2, 0.25) is 0 Å². The highest BCUT2D eigenvalue weighted by Crippen LogP contribution is 2.35. The summed E-state index contributed by atoms with van der Waals surface area (Å²) in [7, 11) is 0. The van der Waals surface area contributed by atoms with E-state index in [9.17, 15) is 13.2 Å². The Kier molecular flexibility index (Phi) is 3.50. The summed E-state index contributed by atoms with van der Waals surface area (Å²) < 4.78 is 40.6. The van der Waals surface area contributed by atoms with Crippen LogP contribution in [0.15, 0.2) is 30.6 Å². The van der Waals surface area contributed by atoms with Crippen molar-refractivity contribution in [2.45, 2.75) is 25.9 Å². The van der Waals surface area contributed by atoms with E-state index in [0.717, 1.165) is 12.5 Å². The fraction of sp³-hybridized carbons (Fsp3) is 0.308. The van der Waals surface area contributed by atoms with E-state index in [1.54, 1.807) is 0 Å². The molecular weight excluding hydrogens is 255 g/mol. The molecule has 0 unspecified atom stereocenters. The SMILES string of the molecule is CCCc1nccn1-c1ccc(N)cc1C(F)(F)F. The maximum absolute atomic E-state index is 13.0. The monoisotopic (exact) mass is 269 g/mol. The number of hydrogen-bond acceptors (Lipinski definition) is 2. The molecule has 0 radical (unpaired) electrons. The molecular formula is C13H14F3N3. The second kappa shape index (κ2) is 4.95. The number of anilines is 1. The third-order valence-corrected chi connectivity index (χ3v) is 2.78. The second-order valence-electron chi connectivity index (χ2n) is 4.24. The van der Waals surface area contributed by atoms with Gasteiger partial charge in [-0.1, -0.05) is 6.92 Å². The van der Waals surface area contributed by atoms with Crippen LogP contribution in [0.5, 0.6) is 0 Å². The number of benzene rings is 1. The minimum absolute atomic E-state index is 0.0580. The van der Waals surface area contributed by atoms with Crippen LogP contribution in [0.25, 0.3) is 5.69 Å². The summed E-state index contributed by atoms with van der Waals surface area (Å²) in [6, 6.07) is 3.78. The first-order chi connectivity index (χ1) is 8.93. The van der Waals surface area contributed by atoms with Crippen LogP contribution in [0.4, 0.5) is 18.9 Å². The molecule has 0 aliphatic rings. The Bertz CT molecular complexity index is 573. The van der Waals surface area contributed by atoms with Crippen LogP contribution in [-0.2, 0) is 12.6 Å². The van der Waals surface area contributed by atoms with E-state index in [1.807, 2.05) is 6.92 Å². The number of aryl methyl sites for hydroxylation is 1. The third-order valence-electron chi connectivity index (χ3n) is 2.78. The molecule has 0 saturated carbocycles. The van der Waals surface area contributed by atoms with Gasteiger partial charge in [0.25, 0.3) is 0 Å². The topological polar surface area (TPSA) is 43.8 Å².